The molecule has 0 aromatic carbocycles. The molecule has 1 spiro atoms. The molecule has 3 fully saturated rings. The molecule has 0 amide bonds. The van der Waals surface area contributed by atoms with Crippen molar-refractivity contribution in [2.45, 2.75) is 46.5 Å². The first-order valence-electron chi connectivity index (χ1n) is 6.61. The van der Waals surface area contributed by atoms with Crippen molar-refractivity contribution in [3.8, 4) is 0 Å². The zero-order chi connectivity index (χ0) is 10.8. The van der Waals surface area contributed by atoms with Crippen molar-refractivity contribution in [2.75, 3.05) is 0 Å². The fourth-order valence-corrected chi connectivity index (χ4v) is 5.50. The van der Waals surface area contributed by atoms with Crippen molar-refractivity contribution < 1.29 is 0 Å². The largest absolute Gasteiger partial charge is 0.310 e. The molecule has 6 atom stereocenters. The predicted octanol–water partition coefficient (Wildman–Crippen LogP) is 3.73. The number of fused-ring (bicyclic) bond motifs is 1. The van der Waals surface area contributed by atoms with Gasteiger partial charge in [-0.2, -0.15) is 0 Å². The van der Waals surface area contributed by atoms with E-state index >= 15 is 0 Å². The first kappa shape index (κ1) is 9.86. The fraction of sp³-hybridized carbons (Fsp3) is 0.929. The highest BCUT2D eigenvalue weighted by molar-refractivity contribution is 5.82. The van der Waals surface area contributed by atoms with Crippen molar-refractivity contribution in [1.29, 1.82) is 5.41 Å². The molecule has 3 saturated carbocycles. The van der Waals surface area contributed by atoms with E-state index in [4.69, 9.17) is 5.41 Å². The lowest BCUT2D eigenvalue weighted by molar-refractivity contribution is 0.157. The Bertz CT molecular complexity index is 308. The third kappa shape index (κ3) is 1.02. The van der Waals surface area contributed by atoms with Gasteiger partial charge in [-0.25, -0.2) is 0 Å². The van der Waals surface area contributed by atoms with E-state index in [0.29, 0.717) is 11.3 Å². The van der Waals surface area contributed by atoms with Crippen LogP contribution in [-0.4, -0.2) is 5.71 Å². The van der Waals surface area contributed by atoms with E-state index in [1.807, 2.05) is 6.92 Å². The van der Waals surface area contributed by atoms with Crippen molar-refractivity contribution in [1.82, 2.24) is 0 Å². The van der Waals surface area contributed by atoms with E-state index in [-0.39, 0.29) is 0 Å². The van der Waals surface area contributed by atoms with Crippen LogP contribution in [0.25, 0.3) is 0 Å². The highest BCUT2D eigenvalue weighted by Crippen LogP contribution is 2.70. The molecule has 0 aromatic rings. The Morgan fingerprint density at radius 3 is 2.67 bits per heavy atom. The second-order valence-corrected chi connectivity index (χ2v) is 6.54. The van der Waals surface area contributed by atoms with Gasteiger partial charge in [0.2, 0.25) is 0 Å². The van der Waals surface area contributed by atoms with Gasteiger partial charge < -0.3 is 5.41 Å². The topological polar surface area (TPSA) is 23.9 Å². The number of hydrogen-bond acceptors (Lipinski definition) is 1. The molecule has 4 unspecified atom stereocenters. The average Bonchev–Trinajstić information content (AvgIpc) is 2.78. The molecular weight excluding hydrogens is 182 g/mol. The number of nitrogens with one attached hydrogen (secondary N) is 1. The quantitative estimate of drug-likeness (QED) is 0.631. The zero-order valence-electron chi connectivity index (χ0n) is 10.2. The lowest BCUT2D eigenvalue weighted by Crippen LogP contribution is -2.28. The first-order valence-corrected chi connectivity index (χ1v) is 6.61. The summed E-state index contributed by atoms with van der Waals surface area (Å²) >= 11 is 0. The second-order valence-electron chi connectivity index (χ2n) is 6.54. The van der Waals surface area contributed by atoms with Crippen LogP contribution in [0.15, 0.2) is 0 Å². The third-order valence-corrected chi connectivity index (χ3v) is 6.21. The molecule has 3 aliphatic carbocycles. The van der Waals surface area contributed by atoms with E-state index in [2.05, 4.69) is 13.8 Å². The van der Waals surface area contributed by atoms with Crippen molar-refractivity contribution in [3.05, 3.63) is 0 Å². The summed E-state index contributed by atoms with van der Waals surface area (Å²) in [5.74, 6) is 4.13. The molecule has 3 rings (SSSR count). The van der Waals surface area contributed by atoms with Gasteiger partial charge in [0.05, 0.1) is 0 Å². The van der Waals surface area contributed by atoms with Gasteiger partial charge >= 0.3 is 0 Å². The molecule has 84 valence electrons. The van der Waals surface area contributed by atoms with E-state index in [9.17, 15) is 0 Å². The van der Waals surface area contributed by atoms with Gasteiger partial charge in [-0.3, -0.25) is 0 Å². The summed E-state index contributed by atoms with van der Waals surface area (Å²) in [6.45, 7) is 6.90. The molecule has 1 N–H and O–H groups in total. The Morgan fingerprint density at radius 1 is 1.33 bits per heavy atom. The van der Waals surface area contributed by atoms with Gasteiger partial charge in [0, 0.05) is 11.6 Å². The maximum Gasteiger partial charge on any atom is 0.00948 e. The molecule has 1 heteroatoms. The smallest absolute Gasteiger partial charge is 0.00948 e. The maximum atomic E-state index is 8.04. The van der Waals surface area contributed by atoms with E-state index < -0.39 is 0 Å². The highest BCUT2D eigenvalue weighted by Gasteiger charge is 2.63. The minimum absolute atomic E-state index is 0.616. The molecule has 0 aliphatic heterocycles. The summed E-state index contributed by atoms with van der Waals surface area (Å²) in [4.78, 5) is 0. The summed E-state index contributed by atoms with van der Waals surface area (Å²) < 4.78 is 0. The summed E-state index contributed by atoms with van der Waals surface area (Å²) in [7, 11) is 0. The van der Waals surface area contributed by atoms with Crippen LogP contribution >= 0.6 is 0 Å². The Kier molecular flexibility index (Phi) is 1.88. The Balaban J connectivity index is 2.00. The van der Waals surface area contributed by atoms with Gasteiger partial charge in [0.25, 0.3) is 0 Å². The second kappa shape index (κ2) is 2.87. The predicted molar refractivity (Wildman–Crippen MR) is 63.1 cm³/mol. The van der Waals surface area contributed by atoms with Crippen molar-refractivity contribution >= 4 is 5.71 Å². The lowest BCUT2D eigenvalue weighted by Gasteiger charge is -2.34. The summed E-state index contributed by atoms with van der Waals surface area (Å²) in [5, 5.41) is 8.04. The molecule has 2 bridgehead atoms. The van der Waals surface area contributed by atoms with E-state index in [0.717, 1.165) is 29.4 Å². The fourth-order valence-electron chi connectivity index (χ4n) is 5.50. The van der Waals surface area contributed by atoms with Crippen molar-refractivity contribution in [3.63, 3.8) is 0 Å². The summed E-state index contributed by atoms with van der Waals surface area (Å²) in [6.07, 6.45) is 5.89. The van der Waals surface area contributed by atoms with Crippen LogP contribution in [0, 0.1) is 40.4 Å². The molecule has 1 nitrogen and oxygen atoms in total. The highest BCUT2D eigenvalue weighted by atomic mass is 14.7. The minimum Gasteiger partial charge on any atom is -0.310 e. The standard InChI is InChI=1S/C14H23N/c1-8-9(2)14-5-4-11(7-14)6-12(14)13(8)10(3)15/h8-9,11-13,15H,4-7H2,1-3H3/t8?,9?,11-,12?,13?,14-/m0/s1. The van der Waals surface area contributed by atoms with Crippen LogP contribution in [-0.2, 0) is 0 Å². The molecule has 3 aliphatic rings. The molecule has 15 heavy (non-hydrogen) atoms. The number of hydrogen-bond donors (Lipinski definition) is 1. The van der Waals surface area contributed by atoms with E-state index in [1.54, 1.807) is 0 Å². The first-order chi connectivity index (χ1) is 7.06. The molecule has 0 radical (unpaired) electrons. The van der Waals surface area contributed by atoms with Crippen LogP contribution in [0.1, 0.15) is 46.5 Å². The van der Waals surface area contributed by atoms with Crippen LogP contribution in [0.5, 0.6) is 0 Å². The zero-order valence-corrected chi connectivity index (χ0v) is 10.2. The molecular formula is C14H23N. The van der Waals surface area contributed by atoms with Crippen molar-refractivity contribution in [2.24, 2.45) is 35.0 Å². The summed E-state index contributed by atoms with van der Waals surface area (Å²) in [6, 6.07) is 0. The normalized spacial score (nSPS) is 57.1. The maximum absolute atomic E-state index is 8.04. The van der Waals surface area contributed by atoms with Gasteiger partial charge in [0.15, 0.2) is 0 Å². The van der Waals surface area contributed by atoms with Gasteiger partial charge in [0.1, 0.15) is 0 Å². The average molecular weight is 205 g/mol. The Labute approximate surface area is 93.2 Å². The Morgan fingerprint density at radius 2 is 2.07 bits per heavy atom. The summed E-state index contributed by atoms with van der Waals surface area (Å²) in [5.41, 5.74) is 1.63. The molecule has 0 heterocycles. The van der Waals surface area contributed by atoms with E-state index in [1.165, 1.54) is 25.7 Å². The van der Waals surface area contributed by atoms with Gasteiger partial charge in [-0.1, -0.05) is 13.8 Å². The lowest BCUT2D eigenvalue weighted by atomic mass is 9.71. The van der Waals surface area contributed by atoms with Crippen LogP contribution in [0.3, 0.4) is 0 Å². The van der Waals surface area contributed by atoms with Crippen LogP contribution < -0.4 is 0 Å². The third-order valence-electron chi connectivity index (χ3n) is 6.21. The SMILES string of the molecule is CC(=N)C1C(C)C(C)[C@@]23CC[C@@H](CC12)C3. The van der Waals surface area contributed by atoms with Gasteiger partial charge in [-0.05, 0) is 61.7 Å². The Hall–Kier alpha value is -0.330. The van der Waals surface area contributed by atoms with Gasteiger partial charge in [-0.15, -0.1) is 0 Å². The van der Waals surface area contributed by atoms with Crippen LogP contribution in [0.4, 0.5) is 0 Å². The monoisotopic (exact) mass is 205 g/mol. The molecule has 0 aromatic heterocycles. The van der Waals surface area contributed by atoms with Crippen LogP contribution in [0.2, 0.25) is 0 Å². The molecule has 0 saturated heterocycles. The minimum atomic E-state index is 0.616. The number of rotatable bonds is 1.